The van der Waals surface area contributed by atoms with Crippen molar-refractivity contribution in [3.05, 3.63) is 0 Å². The van der Waals surface area contributed by atoms with Crippen LogP contribution in [0, 0.1) is 0 Å². The van der Waals surface area contributed by atoms with Crippen molar-refractivity contribution in [3.8, 4) is 0 Å². The first-order valence-electron chi connectivity index (χ1n) is 2.63. The van der Waals surface area contributed by atoms with E-state index in [1.54, 1.807) is 0 Å². The number of nitrogens with one attached hydrogen (secondary N) is 1. The van der Waals surface area contributed by atoms with Crippen LogP contribution in [-0.4, -0.2) is 20.3 Å². The van der Waals surface area contributed by atoms with Crippen LogP contribution in [0.4, 0.5) is 0 Å². The second-order valence-corrected chi connectivity index (χ2v) is 1.36. The van der Waals surface area contributed by atoms with Crippen LogP contribution in [0.3, 0.4) is 0 Å². The maximum atomic E-state index is 4.74. The molecule has 0 amide bonds. The molecular formula is C4H12N2O3. The topological polar surface area (TPSA) is 65.7 Å². The molecule has 0 rings (SSSR count). The number of nitrogens with two attached hydrogens (primary N) is 1. The smallest absolute Gasteiger partial charge is 0.0731 e. The summed E-state index contributed by atoms with van der Waals surface area (Å²) in [6, 6.07) is 0. The van der Waals surface area contributed by atoms with Crippen molar-refractivity contribution in [1.82, 2.24) is 5.64 Å². The number of rotatable bonds is 6. The fraction of sp³-hybridized carbons (Fsp3) is 1.00. The lowest BCUT2D eigenvalue weighted by Gasteiger charge is -2.00. The van der Waals surface area contributed by atoms with E-state index in [0.29, 0.717) is 13.2 Å². The van der Waals surface area contributed by atoms with Crippen molar-refractivity contribution in [2.45, 2.75) is 6.42 Å². The molecule has 5 heteroatoms. The Hall–Kier alpha value is -0.200. The number of hydrogen-bond acceptors (Lipinski definition) is 5. The van der Waals surface area contributed by atoms with Gasteiger partial charge in [0.05, 0.1) is 20.3 Å². The van der Waals surface area contributed by atoms with Crippen LogP contribution < -0.4 is 11.5 Å². The summed E-state index contributed by atoms with van der Waals surface area (Å²) in [6.07, 6.45) is 0.743. The molecule has 9 heavy (non-hydrogen) atoms. The zero-order valence-electron chi connectivity index (χ0n) is 5.42. The van der Waals surface area contributed by atoms with E-state index in [1.165, 1.54) is 7.11 Å². The predicted octanol–water partition coefficient (Wildman–Crippen LogP) is -0.651. The Balaban J connectivity index is 2.60. The summed E-state index contributed by atoms with van der Waals surface area (Å²) < 4.78 is 0. The minimum absolute atomic E-state index is 0.491. The van der Waals surface area contributed by atoms with Gasteiger partial charge >= 0.3 is 0 Å². The first-order valence-corrected chi connectivity index (χ1v) is 2.63. The molecule has 0 aromatic rings. The van der Waals surface area contributed by atoms with Crippen molar-refractivity contribution in [2.75, 3.05) is 20.3 Å². The van der Waals surface area contributed by atoms with Crippen molar-refractivity contribution in [3.63, 3.8) is 0 Å². The summed E-state index contributed by atoms with van der Waals surface area (Å²) in [5.41, 5.74) is 2.21. The Morgan fingerprint density at radius 3 is 2.78 bits per heavy atom. The minimum atomic E-state index is 0.491. The molecule has 0 spiro atoms. The van der Waals surface area contributed by atoms with Crippen LogP contribution in [0.1, 0.15) is 6.42 Å². The summed E-state index contributed by atoms with van der Waals surface area (Å²) in [7, 11) is 1.47. The van der Waals surface area contributed by atoms with E-state index in [-0.39, 0.29) is 0 Å². The van der Waals surface area contributed by atoms with Gasteiger partial charge in [-0.2, -0.15) is 0 Å². The van der Waals surface area contributed by atoms with Crippen molar-refractivity contribution in [1.29, 1.82) is 0 Å². The molecule has 0 atom stereocenters. The molecule has 56 valence electrons. The van der Waals surface area contributed by atoms with E-state index >= 15 is 0 Å². The molecular weight excluding hydrogens is 124 g/mol. The third-order valence-electron chi connectivity index (χ3n) is 0.651. The molecule has 0 heterocycles. The molecule has 3 N–H and O–H groups in total. The van der Waals surface area contributed by atoms with Gasteiger partial charge in [-0.3, -0.25) is 9.68 Å². The van der Waals surface area contributed by atoms with E-state index in [1.807, 2.05) is 0 Å². The summed E-state index contributed by atoms with van der Waals surface area (Å²) in [6.45, 7) is 1.01. The second kappa shape index (κ2) is 7.80. The van der Waals surface area contributed by atoms with Gasteiger partial charge in [0.1, 0.15) is 0 Å². The van der Waals surface area contributed by atoms with E-state index in [4.69, 9.17) is 5.90 Å². The molecule has 0 aliphatic rings. The van der Waals surface area contributed by atoms with Gasteiger partial charge in [0, 0.05) is 0 Å². The second-order valence-electron chi connectivity index (χ2n) is 1.36. The molecule has 0 aliphatic carbocycles. The fourth-order valence-electron chi connectivity index (χ4n) is 0.315. The first kappa shape index (κ1) is 8.80. The predicted molar refractivity (Wildman–Crippen MR) is 30.9 cm³/mol. The summed E-state index contributed by atoms with van der Waals surface area (Å²) >= 11 is 0. The average Bonchev–Trinajstić information content (AvgIpc) is 1.89. The maximum absolute atomic E-state index is 4.74. The monoisotopic (exact) mass is 136 g/mol. The molecule has 0 saturated carbocycles. The summed E-state index contributed by atoms with van der Waals surface area (Å²) in [5, 5.41) is 0. The van der Waals surface area contributed by atoms with Crippen LogP contribution in [-0.2, 0) is 14.5 Å². The van der Waals surface area contributed by atoms with Crippen LogP contribution in [0.15, 0.2) is 0 Å². The van der Waals surface area contributed by atoms with Gasteiger partial charge in [-0.25, -0.2) is 5.90 Å². The average molecular weight is 136 g/mol. The van der Waals surface area contributed by atoms with Crippen molar-refractivity contribution in [2.24, 2.45) is 5.90 Å². The quantitative estimate of drug-likeness (QED) is 0.375. The first-order chi connectivity index (χ1) is 4.41. The molecule has 0 radical (unpaired) electrons. The molecule has 0 aromatic heterocycles. The molecule has 5 nitrogen and oxygen atoms in total. The zero-order chi connectivity index (χ0) is 6.95. The Morgan fingerprint density at radius 1 is 1.44 bits per heavy atom. The lowest BCUT2D eigenvalue weighted by atomic mass is 10.5. The molecule has 0 bridgehead atoms. The van der Waals surface area contributed by atoms with Crippen molar-refractivity contribution < 1.29 is 14.5 Å². The third kappa shape index (κ3) is 7.80. The van der Waals surface area contributed by atoms with Crippen LogP contribution >= 0.6 is 0 Å². The van der Waals surface area contributed by atoms with Crippen LogP contribution in [0.5, 0.6) is 0 Å². The Morgan fingerprint density at radius 2 is 2.22 bits per heavy atom. The molecule has 0 fully saturated rings. The lowest BCUT2D eigenvalue weighted by molar-refractivity contribution is -0.153. The van der Waals surface area contributed by atoms with Gasteiger partial charge in [0.15, 0.2) is 0 Å². The number of hydrogen-bond donors (Lipinski definition) is 2. The lowest BCUT2D eigenvalue weighted by Crippen LogP contribution is -2.14. The molecule has 0 aromatic carbocycles. The van der Waals surface area contributed by atoms with Gasteiger partial charge in [-0.1, -0.05) is 5.64 Å². The Labute approximate surface area is 53.9 Å². The zero-order valence-corrected chi connectivity index (χ0v) is 5.42. The molecule has 0 saturated heterocycles. The standard InChI is InChI=1S/C4H12N2O3/c1-7-6-9-4-2-3-8-5/h6H,2-5H2,1H3. The summed E-state index contributed by atoms with van der Waals surface area (Å²) in [5.74, 6) is 4.74. The molecule has 0 unspecified atom stereocenters. The third-order valence-corrected chi connectivity index (χ3v) is 0.651. The van der Waals surface area contributed by atoms with Crippen LogP contribution in [0.2, 0.25) is 0 Å². The minimum Gasteiger partial charge on any atom is -0.305 e. The maximum Gasteiger partial charge on any atom is 0.0731 e. The van der Waals surface area contributed by atoms with Crippen LogP contribution in [0.25, 0.3) is 0 Å². The van der Waals surface area contributed by atoms with Gasteiger partial charge in [0.2, 0.25) is 0 Å². The Bertz CT molecular complexity index is 47.1. The highest BCUT2D eigenvalue weighted by molar-refractivity contribution is 4.27. The van der Waals surface area contributed by atoms with E-state index in [2.05, 4.69) is 20.2 Å². The molecule has 0 aliphatic heterocycles. The van der Waals surface area contributed by atoms with Gasteiger partial charge in [0.25, 0.3) is 0 Å². The highest BCUT2D eigenvalue weighted by atomic mass is 16.9. The highest BCUT2D eigenvalue weighted by Gasteiger charge is 1.84. The van der Waals surface area contributed by atoms with Gasteiger partial charge in [-0.05, 0) is 6.42 Å². The largest absolute Gasteiger partial charge is 0.305 e. The van der Waals surface area contributed by atoms with E-state index < -0.39 is 0 Å². The van der Waals surface area contributed by atoms with Gasteiger partial charge < -0.3 is 4.84 Å². The van der Waals surface area contributed by atoms with E-state index in [9.17, 15) is 0 Å². The normalized spacial score (nSPS) is 10.0. The SMILES string of the molecule is CONOCCCON. The summed E-state index contributed by atoms with van der Waals surface area (Å²) in [4.78, 5) is 13.3. The highest BCUT2D eigenvalue weighted by Crippen LogP contribution is 1.77. The van der Waals surface area contributed by atoms with Crippen molar-refractivity contribution >= 4 is 0 Å². The van der Waals surface area contributed by atoms with Gasteiger partial charge in [-0.15, -0.1) is 0 Å². The Kier molecular flexibility index (Phi) is 7.63. The fourth-order valence-corrected chi connectivity index (χ4v) is 0.315. The van der Waals surface area contributed by atoms with E-state index in [0.717, 1.165) is 6.42 Å².